The predicted molar refractivity (Wildman–Crippen MR) is 85.0 cm³/mol. The molecule has 0 radical (unpaired) electrons. The van der Waals surface area contributed by atoms with Gasteiger partial charge in [0, 0.05) is 36.9 Å². The van der Waals surface area contributed by atoms with Gasteiger partial charge in [-0.2, -0.15) is 0 Å². The Balaban J connectivity index is 2.92. The van der Waals surface area contributed by atoms with Crippen LogP contribution in [0.2, 0.25) is 0 Å². The number of carbonyl (C=O) groups excluding carboxylic acids is 1. The molecule has 0 bridgehead atoms. The third-order valence-electron chi connectivity index (χ3n) is 2.72. The van der Waals surface area contributed by atoms with Gasteiger partial charge in [0.1, 0.15) is 0 Å². The Kier molecular flexibility index (Phi) is 7.33. The summed E-state index contributed by atoms with van der Waals surface area (Å²) < 4.78 is 10.9. The quantitative estimate of drug-likeness (QED) is 0.564. The van der Waals surface area contributed by atoms with Crippen LogP contribution in [-0.4, -0.2) is 39.9 Å². The maximum atomic E-state index is 11.4. The van der Waals surface area contributed by atoms with E-state index in [1.165, 1.54) is 6.08 Å². The number of benzene rings is 1. The molecule has 0 saturated heterocycles. The van der Waals surface area contributed by atoms with E-state index < -0.39 is 0 Å². The van der Waals surface area contributed by atoms with Gasteiger partial charge in [0.25, 0.3) is 0 Å². The van der Waals surface area contributed by atoms with Crippen LogP contribution in [0.15, 0.2) is 28.7 Å². The van der Waals surface area contributed by atoms with Crippen LogP contribution in [0.1, 0.15) is 12.5 Å². The molecule has 0 aliphatic rings. The monoisotopic (exact) mass is 341 g/mol. The van der Waals surface area contributed by atoms with Gasteiger partial charge in [-0.25, -0.2) is 4.79 Å². The van der Waals surface area contributed by atoms with E-state index in [1.807, 2.05) is 25.2 Å². The van der Waals surface area contributed by atoms with Crippen LogP contribution in [0.25, 0.3) is 6.08 Å². The number of esters is 1. The second kappa shape index (κ2) is 8.76. The van der Waals surface area contributed by atoms with Crippen molar-refractivity contribution in [1.82, 2.24) is 0 Å². The molecule has 0 unspecified atom stereocenters. The van der Waals surface area contributed by atoms with Gasteiger partial charge in [-0.05, 0) is 36.8 Å². The first kappa shape index (κ1) is 16.7. The minimum absolute atomic E-state index is 0.335. The predicted octanol–water partition coefficient (Wildman–Crippen LogP) is 3.11. The summed E-state index contributed by atoms with van der Waals surface area (Å²) in [4.78, 5) is 13.5. The molecule has 5 heteroatoms. The van der Waals surface area contributed by atoms with Crippen LogP contribution in [0.5, 0.6) is 0 Å². The van der Waals surface area contributed by atoms with E-state index in [-0.39, 0.29) is 5.97 Å². The second-order valence-electron chi connectivity index (χ2n) is 4.20. The van der Waals surface area contributed by atoms with E-state index in [2.05, 4.69) is 20.8 Å². The van der Waals surface area contributed by atoms with Crippen molar-refractivity contribution < 1.29 is 14.3 Å². The Hall–Kier alpha value is -1.33. The number of ether oxygens (including phenoxy) is 2. The summed E-state index contributed by atoms with van der Waals surface area (Å²) in [7, 11) is 3.67. The minimum Gasteiger partial charge on any atom is -0.463 e. The molecule has 0 N–H and O–H groups in total. The van der Waals surface area contributed by atoms with Crippen LogP contribution in [0.4, 0.5) is 5.69 Å². The lowest BCUT2D eigenvalue weighted by molar-refractivity contribution is -0.137. The van der Waals surface area contributed by atoms with Gasteiger partial charge in [0.2, 0.25) is 0 Å². The average molecular weight is 342 g/mol. The summed E-state index contributed by atoms with van der Waals surface area (Å²) in [6.07, 6.45) is 3.21. The van der Waals surface area contributed by atoms with Crippen LogP contribution in [-0.2, 0) is 14.3 Å². The molecule has 0 aromatic heterocycles. The Morgan fingerprint density at radius 3 is 2.85 bits per heavy atom. The van der Waals surface area contributed by atoms with E-state index in [4.69, 9.17) is 9.47 Å². The minimum atomic E-state index is -0.335. The lowest BCUT2D eigenvalue weighted by Gasteiger charge is -2.21. The zero-order valence-electron chi connectivity index (χ0n) is 12.1. The summed E-state index contributed by atoms with van der Waals surface area (Å²) in [6, 6.07) is 5.94. The zero-order chi connectivity index (χ0) is 15.0. The maximum absolute atomic E-state index is 11.4. The van der Waals surface area contributed by atoms with Gasteiger partial charge >= 0.3 is 5.97 Å². The molecule has 1 aromatic rings. The molecule has 0 aliphatic carbocycles. The first-order chi connectivity index (χ1) is 9.58. The fraction of sp³-hybridized carbons (Fsp3) is 0.400. The van der Waals surface area contributed by atoms with E-state index in [0.717, 1.165) is 22.3 Å². The third-order valence-corrected chi connectivity index (χ3v) is 3.21. The topological polar surface area (TPSA) is 38.8 Å². The van der Waals surface area contributed by atoms with Crippen molar-refractivity contribution >= 4 is 33.7 Å². The molecular weight excluding hydrogens is 322 g/mol. The van der Waals surface area contributed by atoms with Gasteiger partial charge in [-0.1, -0.05) is 15.9 Å². The number of carbonyl (C=O) groups is 1. The first-order valence-electron chi connectivity index (χ1n) is 6.43. The number of hydrogen-bond donors (Lipinski definition) is 0. The van der Waals surface area contributed by atoms with Gasteiger partial charge in [-0.15, -0.1) is 0 Å². The highest BCUT2D eigenvalue weighted by Gasteiger charge is 2.06. The van der Waals surface area contributed by atoms with Crippen molar-refractivity contribution in [1.29, 1.82) is 0 Å². The molecule has 1 rings (SSSR count). The van der Waals surface area contributed by atoms with Crippen molar-refractivity contribution in [2.24, 2.45) is 0 Å². The average Bonchev–Trinajstić information content (AvgIpc) is 2.43. The summed E-state index contributed by atoms with van der Waals surface area (Å²) in [5.41, 5.74) is 1.98. The molecule has 0 heterocycles. The number of nitrogens with zero attached hydrogens (tertiary/aromatic N) is 1. The third kappa shape index (κ3) is 5.35. The molecule has 0 fully saturated rings. The molecule has 20 heavy (non-hydrogen) atoms. The van der Waals surface area contributed by atoms with Crippen molar-refractivity contribution in [2.45, 2.75) is 6.92 Å². The summed E-state index contributed by atoms with van der Waals surface area (Å²) >= 11 is 3.44. The largest absolute Gasteiger partial charge is 0.463 e. The van der Waals surface area contributed by atoms with Crippen LogP contribution < -0.4 is 4.90 Å². The summed E-state index contributed by atoms with van der Waals surface area (Å²) in [5.74, 6) is -0.335. The lowest BCUT2D eigenvalue weighted by atomic mass is 10.1. The van der Waals surface area contributed by atoms with Crippen LogP contribution >= 0.6 is 15.9 Å². The Morgan fingerprint density at radius 1 is 1.45 bits per heavy atom. The van der Waals surface area contributed by atoms with Crippen molar-refractivity contribution in [3.8, 4) is 0 Å². The molecule has 0 saturated carbocycles. The van der Waals surface area contributed by atoms with Gasteiger partial charge in [-0.3, -0.25) is 0 Å². The fourth-order valence-electron chi connectivity index (χ4n) is 1.70. The number of likely N-dealkylation sites (N-methyl/N-ethyl adjacent to an activating group) is 1. The normalized spacial score (nSPS) is 10.8. The summed E-state index contributed by atoms with van der Waals surface area (Å²) in [5, 5.41) is 0. The molecular formula is C15H20BrNO3. The van der Waals surface area contributed by atoms with Crippen LogP contribution in [0, 0.1) is 0 Å². The molecule has 0 amide bonds. The second-order valence-corrected chi connectivity index (χ2v) is 5.12. The molecule has 4 nitrogen and oxygen atoms in total. The Labute approximate surface area is 128 Å². The highest BCUT2D eigenvalue weighted by Crippen LogP contribution is 2.25. The molecule has 1 aromatic carbocycles. The van der Waals surface area contributed by atoms with Gasteiger partial charge < -0.3 is 14.4 Å². The molecule has 0 spiro atoms. The van der Waals surface area contributed by atoms with Crippen molar-refractivity contribution in [2.75, 3.05) is 38.8 Å². The summed E-state index contributed by atoms with van der Waals surface area (Å²) in [6.45, 7) is 3.59. The van der Waals surface area contributed by atoms with Gasteiger partial charge in [0.05, 0.1) is 13.2 Å². The fourth-order valence-corrected chi connectivity index (χ4v) is 2.08. The molecule has 110 valence electrons. The number of anilines is 1. The Morgan fingerprint density at radius 2 is 2.20 bits per heavy atom. The molecule has 0 aliphatic heterocycles. The van der Waals surface area contributed by atoms with Crippen molar-refractivity contribution in [3.63, 3.8) is 0 Å². The number of hydrogen-bond acceptors (Lipinski definition) is 4. The number of rotatable bonds is 7. The molecule has 0 atom stereocenters. The van der Waals surface area contributed by atoms with E-state index >= 15 is 0 Å². The van der Waals surface area contributed by atoms with Gasteiger partial charge in [0.15, 0.2) is 0 Å². The lowest BCUT2D eigenvalue weighted by Crippen LogP contribution is -2.22. The SMILES string of the molecule is CCOC(=O)/C=C/c1cc(Br)ccc1N(C)CCOC. The zero-order valence-corrected chi connectivity index (χ0v) is 13.6. The van der Waals surface area contributed by atoms with E-state index in [0.29, 0.717) is 13.2 Å². The standard InChI is InChI=1S/C15H20BrNO3/c1-4-20-15(18)8-5-12-11-13(16)6-7-14(12)17(2)9-10-19-3/h5-8,11H,4,9-10H2,1-3H3/b8-5+. The Bertz CT molecular complexity index is 474. The first-order valence-corrected chi connectivity index (χ1v) is 7.22. The van der Waals surface area contributed by atoms with Crippen molar-refractivity contribution in [3.05, 3.63) is 34.3 Å². The maximum Gasteiger partial charge on any atom is 0.330 e. The van der Waals surface area contributed by atoms with E-state index in [1.54, 1.807) is 20.1 Å². The van der Waals surface area contributed by atoms with Crippen LogP contribution in [0.3, 0.4) is 0 Å². The number of halogens is 1. The number of methoxy groups -OCH3 is 1. The van der Waals surface area contributed by atoms with E-state index in [9.17, 15) is 4.79 Å². The highest BCUT2D eigenvalue weighted by molar-refractivity contribution is 9.10. The smallest absolute Gasteiger partial charge is 0.330 e. The highest BCUT2D eigenvalue weighted by atomic mass is 79.9.